The molecule has 1 saturated heterocycles. The maximum atomic E-state index is 13.0. The smallest absolute Gasteiger partial charge is 0.255 e. The van der Waals surface area contributed by atoms with Crippen molar-refractivity contribution >= 4 is 17.7 Å². The Morgan fingerprint density at radius 2 is 2.08 bits per heavy atom. The molecule has 7 nitrogen and oxygen atoms in total. The van der Waals surface area contributed by atoms with Crippen LogP contribution >= 0.6 is 0 Å². The number of fused-ring (bicyclic) bond motifs is 1. The second-order valence-corrected chi connectivity index (χ2v) is 7.99. The van der Waals surface area contributed by atoms with Crippen LogP contribution in [-0.4, -0.2) is 40.2 Å². The molecule has 3 aliphatic rings. The second kappa shape index (κ2) is 6.17. The summed E-state index contributed by atoms with van der Waals surface area (Å²) in [5.74, 6) is -0.768. The number of nitrogens with zero attached hydrogens (tertiary/aromatic N) is 1. The molecule has 0 aromatic heterocycles. The standard InChI is InChI=1S/C19H24N4O3/c1-19(20)7-13(8-19)21-9-11-3-2-4-12-10-23(18(26)16(11)12)14-5-6-15(24)22-17(14)25/h2-4,13-14,21H,5-10,20H2,1H3,(H,22,24,25). The Balaban J connectivity index is 1.48. The molecule has 1 saturated carbocycles. The molecule has 0 bridgehead atoms. The van der Waals surface area contributed by atoms with E-state index in [9.17, 15) is 14.4 Å². The predicted molar refractivity (Wildman–Crippen MR) is 94.9 cm³/mol. The number of imide groups is 1. The van der Waals surface area contributed by atoms with Crippen LogP contribution < -0.4 is 16.4 Å². The molecule has 3 amide bonds. The molecule has 138 valence electrons. The van der Waals surface area contributed by atoms with Gasteiger partial charge in [-0.1, -0.05) is 18.2 Å². The highest BCUT2D eigenvalue weighted by molar-refractivity contribution is 6.05. The van der Waals surface area contributed by atoms with Crippen molar-refractivity contribution in [2.45, 2.75) is 63.3 Å². The van der Waals surface area contributed by atoms with Gasteiger partial charge in [0.05, 0.1) is 0 Å². The van der Waals surface area contributed by atoms with Crippen molar-refractivity contribution in [3.05, 3.63) is 34.9 Å². The number of hydrogen-bond donors (Lipinski definition) is 3. The number of piperidine rings is 1. The molecular weight excluding hydrogens is 332 g/mol. The molecule has 1 aliphatic carbocycles. The number of nitrogens with two attached hydrogens (primary N) is 1. The largest absolute Gasteiger partial charge is 0.325 e. The third-order valence-corrected chi connectivity index (χ3v) is 5.65. The first-order valence-electron chi connectivity index (χ1n) is 9.12. The van der Waals surface area contributed by atoms with E-state index in [1.807, 2.05) is 25.1 Å². The Bertz CT molecular complexity index is 781. The zero-order chi connectivity index (χ0) is 18.5. The maximum absolute atomic E-state index is 13.0. The lowest BCUT2D eigenvalue weighted by molar-refractivity contribution is -0.136. The van der Waals surface area contributed by atoms with E-state index in [2.05, 4.69) is 10.6 Å². The minimum absolute atomic E-state index is 0.0886. The normalized spacial score (nSPS) is 30.8. The van der Waals surface area contributed by atoms with Crippen LogP contribution in [0.15, 0.2) is 18.2 Å². The lowest BCUT2D eigenvalue weighted by Gasteiger charge is -2.42. The summed E-state index contributed by atoms with van der Waals surface area (Å²) < 4.78 is 0. The van der Waals surface area contributed by atoms with Crippen LogP contribution in [0.5, 0.6) is 0 Å². The minimum Gasteiger partial charge on any atom is -0.325 e. The Morgan fingerprint density at radius 3 is 2.77 bits per heavy atom. The fourth-order valence-electron chi connectivity index (χ4n) is 4.30. The summed E-state index contributed by atoms with van der Waals surface area (Å²) in [7, 11) is 0. The lowest BCUT2D eigenvalue weighted by Crippen LogP contribution is -2.57. The Morgan fingerprint density at radius 1 is 1.31 bits per heavy atom. The number of amides is 3. The maximum Gasteiger partial charge on any atom is 0.255 e. The first-order valence-corrected chi connectivity index (χ1v) is 9.12. The van der Waals surface area contributed by atoms with Crippen molar-refractivity contribution in [1.29, 1.82) is 0 Å². The summed E-state index contributed by atoms with van der Waals surface area (Å²) in [5, 5.41) is 5.81. The number of rotatable bonds is 4. The molecule has 4 N–H and O–H groups in total. The van der Waals surface area contributed by atoms with E-state index in [0.717, 1.165) is 24.0 Å². The fourth-order valence-corrected chi connectivity index (χ4v) is 4.30. The fraction of sp³-hybridized carbons (Fsp3) is 0.526. The summed E-state index contributed by atoms with van der Waals surface area (Å²) in [6.07, 6.45) is 2.51. The van der Waals surface area contributed by atoms with Crippen LogP contribution in [0.4, 0.5) is 0 Å². The number of hydrogen-bond acceptors (Lipinski definition) is 5. The molecule has 4 rings (SSSR count). The monoisotopic (exact) mass is 356 g/mol. The van der Waals surface area contributed by atoms with E-state index in [1.54, 1.807) is 4.90 Å². The molecule has 1 unspecified atom stereocenters. The van der Waals surface area contributed by atoms with E-state index in [1.165, 1.54) is 0 Å². The Hall–Kier alpha value is -2.25. The van der Waals surface area contributed by atoms with Crippen LogP contribution in [0.2, 0.25) is 0 Å². The van der Waals surface area contributed by atoms with Crippen LogP contribution in [-0.2, 0) is 22.7 Å². The molecule has 2 heterocycles. The van der Waals surface area contributed by atoms with E-state index < -0.39 is 6.04 Å². The number of benzene rings is 1. The van der Waals surface area contributed by atoms with Gasteiger partial charge in [0.25, 0.3) is 5.91 Å². The molecule has 1 atom stereocenters. The van der Waals surface area contributed by atoms with Gasteiger partial charge in [0.15, 0.2) is 0 Å². The van der Waals surface area contributed by atoms with Gasteiger partial charge in [0, 0.05) is 36.7 Å². The van der Waals surface area contributed by atoms with Gasteiger partial charge in [0.1, 0.15) is 6.04 Å². The molecule has 1 aromatic carbocycles. The third-order valence-electron chi connectivity index (χ3n) is 5.65. The van der Waals surface area contributed by atoms with Gasteiger partial charge in [-0.25, -0.2) is 0 Å². The second-order valence-electron chi connectivity index (χ2n) is 7.99. The Labute approximate surface area is 152 Å². The van der Waals surface area contributed by atoms with Gasteiger partial charge < -0.3 is 16.0 Å². The third kappa shape index (κ3) is 3.01. The minimum atomic E-state index is -0.571. The summed E-state index contributed by atoms with van der Waals surface area (Å²) in [5.41, 5.74) is 8.55. The summed E-state index contributed by atoms with van der Waals surface area (Å²) in [4.78, 5) is 38.1. The molecule has 0 spiro atoms. The van der Waals surface area contributed by atoms with Crippen molar-refractivity contribution < 1.29 is 14.4 Å². The molecule has 7 heteroatoms. The van der Waals surface area contributed by atoms with Crippen molar-refractivity contribution in [3.8, 4) is 0 Å². The highest BCUT2D eigenvalue weighted by atomic mass is 16.2. The van der Waals surface area contributed by atoms with E-state index in [-0.39, 0.29) is 29.7 Å². The molecule has 0 radical (unpaired) electrons. The topological polar surface area (TPSA) is 105 Å². The van der Waals surface area contributed by atoms with Crippen molar-refractivity contribution in [2.75, 3.05) is 0 Å². The quantitative estimate of drug-likeness (QED) is 0.678. The van der Waals surface area contributed by atoms with E-state index >= 15 is 0 Å². The number of carbonyl (C=O) groups excluding carboxylic acids is 3. The van der Waals surface area contributed by atoms with Gasteiger partial charge in [-0.05, 0) is 37.3 Å². The van der Waals surface area contributed by atoms with Crippen LogP contribution in [0.1, 0.15) is 54.1 Å². The molecular formula is C19H24N4O3. The molecule has 2 fully saturated rings. The van der Waals surface area contributed by atoms with E-state index in [0.29, 0.717) is 31.1 Å². The molecule has 2 aliphatic heterocycles. The number of nitrogens with one attached hydrogen (secondary N) is 2. The summed E-state index contributed by atoms with van der Waals surface area (Å²) in [6.45, 7) is 3.07. The van der Waals surface area contributed by atoms with Crippen molar-refractivity contribution in [3.63, 3.8) is 0 Å². The zero-order valence-electron chi connectivity index (χ0n) is 14.9. The van der Waals surface area contributed by atoms with Crippen LogP contribution in [0.25, 0.3) is 0 Å². The number of carbonyl (C=O) groups is 3. The first-order chi connectivity index (χ1) is 12.3. The highest BCUT2D eigenvalue weighted by Crippen LogP contribution is 2.32. The Kier molecular flexibility index (Phi) is 4.08. The molecule has 26 heavy (non-hydrogen) atoms. The lowest BCUT2D eigenvalue weighted by atomic mass is 9.75. The van der Waals surface area contributed by atoms with Crippen LogP contribution in [0.3, 0.4) is 0 Å². The summed E-state index contributed by atoms with van der Waals surface area (Å²) >= 11 is 0. The van der Waals surface area contributed by atoms with Gasteiger partial charge >= 0.3 is 0 Å². The first kappa shape index (κ1) is 17.2. The van der Waals surface area contributed by atoms with E-state index in [4.69, 9.17) is 5.73 Å². The zero-order valence-corrected chi connectivity index (χ0v) is 14.9. The SMILES string of the molecule is CC1(N)CC(NCc2cccc3c2C(=O)N(C2CCC(=O)NC2=O)C3)C1. The summed E-state index contributed by atoms with van der Waals surface area (Å²) in [6, 6.07) is 5.65. The van der Waals surface area contributed by atoms with Gasteiger partial charge in [-0.3, -0.25) is 19.7 Å². The van der Waals surface area contributed by atoms with Gasteiger partial charge in [-0.15, -0.1) is 0 Å². The average molecular weight is 356 g/mol. The average Bonchev–Trinajstić information content (AvgIpc) is 2.88. The van der Waals surface area contributed by atoms with Crippen LogP contribution in [0, 0.1) is 0 Å². The van der Waals surface area contributed by atoms with Gasteiger partial charge in [0.2, 0.25) is 11.8 Å². The van der Waals surface area contributed by atoms with Crippen molar-refractivity contribution in [2.24, 2.45) is 5.73 Å². The van der Waals surface area contributed by atoms with Crippen molar-refractivity contribution in [1.82, 2.24) is 15.5 Å². The predicted octanol–water partition coefficient (Wildman–Crippen LogP) is 0.417. The molecule has 1 aromatic rings. The highest BCUT2D eigenvalue weighted by Gasteiger charge is 2.40. The van der Waals surface area contributed by atoms with Gasteiger partial charge in [-0.2, -0.15) is 0 Å².